The first kappa shape index (κ1) is 14.9. The van der Waals surface area contributed by atoms with Crippen molar-refractivity contribution in [2.24, 2.45) is 11.7 Å². The zero-order chi connectivity index (χ0) is 12.9. The summed E-state index contributed by atoms with van der Waals surface area (Å²) >= 11 is 0. The van der Waals surface area contributed by atoms with Gasteiger partial charge in [-0.3, -0.25) is 4.90 Å². The Morgan fingerprint density at radius 1 is 1.24 bits per heavy atom. The Hall–Kier alpha value is -0.160. The van der Waals surface area contributed by atoms with Gasteiger partial charge in [0.2, 0.25) is 0 Å². The molecule has 0 saturated carbocycles. The van der Waals surface area contributed by atoms with Crippen molar-refractivity contribution in [1.29, 1.82) is 0 Å². The van der Waals surface area contributed by atoms with Gasteiger partial charge in [-0.05, 0) is 12.8 Å². The SMILES string of the molecule is COCC(C)(CN)N1CCN(CC(C)C)CC1. The molecule has 2 N–H and O–H groups in total. The van der Waals surface area contributed by atoms with E-state index in [1.54, 1.807) is 7.11 Å². The van der Waals surface area contributed by atoms with Gasteiger partial charge in [0.25, 0.3) is 0 Å². The standard InChI is InChI=1S/C13H29N3O/c1-12(2)9-15-5-7-16(8-6-15)13(3,10-14)11-17-4/h12H,5-11,14H2,1-4H3. The van der Waals surface area contributed by atoms with Gasteiger partial charge in [0, 0.05) is 46.4 Å². The van der Waals surface area contributed by atoms with Gasteiger partial charge < -0.3 is 15.4 Å². The average Bonchev–Trinajstić information content (AvgIpc) is 2.29. The van der Waals surface area contributed by atoms with Crippen LogP contribution in [-0.2, 0) is 4.74 Å². The van der Waals surface area contributed by atoms with Gasteiger partial charge >= 0.3 is 0 Å². The van der Waals surface area contributed by atoms with Crippen LogP contribution in [0.3, 0.4) is 0 Å². The summed E-state index contributed by atoms with van der Waals surface area (Å²) in [6, 6.07) is 0. The lowest BCUT2D eigenvalue weighted by molar-refractivity contribution is -0.00494. The zero-order valence-corrected chi connectivity index (χ0v) is 11.9. The minimum absolute atomic E-state index is 0.00132. The molecule has 1 aliphatic heterocycles. The Kier molecular flexibility index (Phi) is 5.86. The van der Waals surface area contributed by atoms with Crippen molar-refractivity contribution < 1.29 is 4.74 Å². The highest BCUT2D eigenvalue weighted by atomic mass is 16.5. The Morgan fingerprint density at radius 2 is 1.82 bits per heavy atom. The molecule has 0 bridgehead atoms. The predicted molar refractivity (Wildman–Crippen MR) is 72.2 cm³/mol. The van der Waals surface area contributed by atoms with Crippen molar-refractivity contribution in [2.75, 3.05) is 53.0 Å². The fourth-order valence-electron chi connectivity index (χ4n) is 2.58. The molecule has 0 aromatic heterocycles. The molecule has 1 saturated heterocycles. The molecule has 1 heterocycles. The molecule has 4 heteroatoms. The van der Waals surface area contributed by atoms with Crippen LogP contribution in [0.2, 0.25) is 0 Å². The highest BCUT2D eigenvalue weighted by molar-refractivity contribution is 4.90. The van der Waals surface area contributed by atoms with Crippen LogP contribution in [0.15, 0.2) is 0 Å². The smallest absolute Gasteiger partial charge is 0.0656 e. The number of rotatable bonds is 6. The number of hydrogen-bond donors (Lipinski definition) is 1. The summed E-state index contributed by atoms with van der Waals surface area (Å²) in [4.78, 5) is 5.03. The molecule has 17 heavy (non-hydrogen) atoms. The maximum absolute atomic E-state index is 5.90. The van der Waals surface area contributed by atoms with Crippen molar-refractivity contribution in [3.8, 4) is 0 Å². The highest BCUT2D eigenvalue weighted by Gasteiger charge is 2.32. The normalized spacial score (nSPS) is 22.9. The maximum Gasteiger partial charge on any atom is 0.0656 e. The van der Waals surface area contributed by atoms with Crippen molar-refractivity contribution in [1.82, 2.24) is 9.80 Å². The van der Waals surface area contributed by atoms with Gasteiger partial charge in [-0.15, -0.1) is 0 Å². The van der Waals surface area contributed by atoms with Crippen molar-refractivity contribution in [2.45, 2.75) is 26.3 Å². The largest absolute Gasteiger partial charge is 0.383 e. The van der Waals surface area contributed by atoms with Crippen LogP contribution in [0.4, 0.5) is 0 Å². The van der Waals surface area contributed by atoms with Crippen molar-refractivity contribution in [3.63, 3.8) is 0 Å². The molecule has 1 fully saturated rings. The van der Waals surface area contributed by atoms with Crippen LogP contribution in [0, 0.1) is 5.92 Å². The monoisotopic (exact) mass is 243 g/mol. The second kappa shape index (κ2) is 6.69. The van der Waals surface area contributed by atoms with E-state index in [0.29, 0.717) is 13.2 Å². The molecule has 0 aromatic carbocycles. The van der Waals surface area contributed by atoms with Crippen LogP contribution in [-0.4, -0.2) is 68.3 Å². The molecule has 1 aliphatic rings. The van der Waals surface area contributed by atoms with Gasteiger partial charge in [0.15, 0.2) is 0 Å². The molecule has 0 aliphatic carbocycles. The lowest BCUT2D eigenvalue weighted by atomic mass is 10.00. The van der Waals surface area contributed by atoms with Gasteiger partial charge in [0.1, 0.15) is 0 Å². The molecule has 4 nitrogen and oxygen atoms in total. The van der Waals surface area contributed by atoms with E-state index in [-0.39, 0.29) is 5.54 Å². The zero-order valence-electron chi connectivity index (χ0n) is 11.9. The maximum atomic E-state index is 5.90. The first-order chi connectivity index (χ1) is 8.01. The molecule has 0 amide bonds. The number of ether oxygens (including phenoxy) is 1. The van der Waals surface area contributed by atoms with E-state index in [1.807, 2.05) is 0 Å². The summed E-state index contributed by atoms with van der Waals surface area (Å²) in [5, 5.41) is 0. The molecule has 0 radical (unpaired) electrons. The van der Waals surface area contributed by atoms with Crippen LogP contribution in [0.5, 0.6) is 0 Å². The first-order valence-electron chi connectivity index (χ1n) is 6.68. The molecular weight excluding hydrogens is 214 g/mol. The van der Waals surface area contributed by atoms with Gasteiger partial charge in [0.05, 0.1) is 12.1 Å². The molecule has 1 rings (SSSR count). The van der Waals surface area contributed by atoms with E-state index in [4.69, 9.17) is 10.5 Å². The molecular formula is C13H29N3O. The summed E-state index contributed by atoms with van der Waals surface area (Å²) in [5.41, 5.74) is 5.90. The first-order valence-corrected chi connectivity index (χ1v) is 6.68. The van der Waals surface area contributed by atoms with Gasteiger partial charge in [-0.2, -0.15) is 0 Å². The molecule has 1 atom stereocenters. The number of piperazine rings is 1. The Labute approximate surface area is 106 Å². The average molecular weight is 243 g/mol. The minimum atomic E-state index is -0.00132. The molecule has 0 aromatic rings. The van der Waals surface area contributed by atoms with E-state index in [9.17, 15) is 0 Å². The minimum Gasteiger partial charge on any atom is -0.383 e. The van der Waals surface area contributed by atoms with Crippen molar-refractivity contribution >= 4 is 0 Å². The third-order valence-corrected chi connectivity index (χ3v) is 3.65. The third-order valence-electron chi connectivity index (χ3n) is 3.65. The summed E-state index contributed by atoms with van der Waals surface area (Å²) < 4.78 is 5.31. The lowest BCUT2D eigenvalue weighted by Gasteiger charge is -2.45. The molecule has 102 valence electrons. The summed E-state index contributed by atoms with van der Waals surface area (Å²) in [7, 11) is 1.75. The van der Waals surface area contributed by atoms with Crippen molar-refractivity contribution in [3.05, 3.63) is 0 Å². The topological polar surface area (TPSA) is 41.7 Å². The van der Waals surface area contributed by atoms with Gasteiger partial charge in [-0.1, -0.05) is 13.8 Å². The molecule has 1 unspecified atom stereocenters. The number of hydrogen-bond acceptors (Lipinski definition) is 4. The second-order valence-electron chi connectivity index (χ2n) is 5.82. The Bertz CT molecular complexity index is 215. The van der Waals surface area contributed by atoms with Crippen LogP contribution in [0.25, 0.3) is 0 Å². The van der Waals surface area contributed by atoms with Crippen LogP contribution < -0.4 is 5.73 Å². The van der Waals surface area contributed by atoms with E-state index >= 15 is 0 Å². The van der Waals surface area contributed by atoms with E-state index in [1.165, 1.54) is 6.54 Å². The van der Waals surface area contributed by atoms with E-state index in [2.05, 4.69) is 30.6 Å². The Morgan fingerprint density at radius 3 is 2.24 bits per heavy atom. The predicted octanol–water partition coefficient (Wildman–Crippen LogP) is 0.624. The fourth-order valence-corrected chi connectivity index (χ4v) is 2.58. The summed E-state index contributed by atoms with van der Waals surface area (Å²) in [6.07, 6.45) is 0. The third kappa shape index (κ3) is 4.21. The van der Waals surface area contributed by atoms with Crippen LogP contribution >= 0.6 is 0 Å². The molecule has 0 spiro atoms. The number of nitrogens with zero attached hydrogens (tertiary/aromatic N) is 2. The van der Waals surface area contributed by atoms with E-state index in [0.717, 1.165) is 32.1 Å². The summed E-state index contributed by atoms with van der Waals surface area (Å²) in [5.74, 6) is 0.751. The highest BCUT2D eigenvalue weighted by Crippen LogP contribution is 2.17. The number of methoxy groups -OCH3 is 1. The van der Waals surface area contributed by atoms with Crippen LogP contribution in [0.1, 0.15) is 20.8 Å². The van der Waals surface area contributed by atoms with Gasteiger partial charge in [-0.25, -0.2) is 0 Å². The summed E-state index contributed by atoms with van der Waals surface area (Å²) in [6.45, 7) is 13.8. The lowest BCUT2D eigenvalue weighted by Crippen LogP contribution is -2.61. The number of nitrogens with two attached hydrogens (primary N) is 1. The quantitative estimate of drug-likeness (QED) is 0.743. The van der Waals surface area contributed by atoms with E-state index < -0.39 is 0 Å². The Balaban J connectivity index is 2.44. The fraction of sp³-hybridized carbons (Fsp3) is 1.00. The second-order valence-corrected chi connectivity index (χ2v) is 5.82.